The number of nitrogens with one attached hydrogen (secondary N) is 2. The van der Waals surface area contributed by atoms with Gasteiger partial charge in [-0.25, -0.2) is 4.98 Å². The van der Waals surface area contributed by atoms with Crippen LogP contribution in [0.2, 0.25) is 0 Å². The summed E-state index contributed by atoms with van der Waals surface area (Å²) in [6.07, 6.45) is 3.30. The Balaban J connectivity index is 1.98. The normalized spacial score (nSPS) is 21.6. The first-order valence-corrected chi connectivity index (χ1v) is 6.09. The summed E-state index contributed by atoms with van der Waals surface area (Å²) in [5.41, 5.74) is 5.94. The first kappa shape index (κ1) is 13.1. The molecule has 1 aliphatic rings. The second kappa shape index (κ2) is 5.51. The Labute approximate surface area is 110 Å². The highest BCUT2D eigenvalue weighted by molar-refractivity contribution is 5.89. The zero-order chi connectivity index (χ0) is 13.8. The minimum atomic E-state index is -0.204. The summed E-state index contributed by atoms with van der Waals surface area (Å²) in [7, 11) is 0. The van der Waals surface area contributed by atoms with E-state index >= 15 is 0 Å². The van der Waals surface area contributed by atoms with E-state index in [9.17, 15) is 4.79 Å². The van der Waals surface area contributed by atoms with Crippen LogP contribution in [0.4, 0.5) is 5.95 Å². The predicted molar refractivity (Wildman–Crippen MR) is 66.6 cm³/mol. The third kappa shape index (κ3) is 2.90. The maximum absolute atomic E-state index is 11.8. The van der Waals surface area contributed by atoms with Gasteiger partial charge in [-0.05, 0) is 18.8 Å². The first-order valence-electron chi connectivity index (χ1n) is 6.09. The van der Waals surface area contributed by atoms with Crippen LogP contribution < -0.4 is 11.1 Å². The van der Waals surface area contributed by atoms with Crippen LogP contribution in [-0.4, -0.2) is 21.9 Å². The number of imidazole rings is 1. The number of hydrogen-bond donors (Lipinski definition) is 3. The molecule has 98 valence electrons. The van der Waals surface area contributed by atoms with Crippen molar-refractivity contribution >= 4 is 11.9 Å². The highest BCUT2D eigenvalue weighted by Gasteiger charge is 2.26. The third-order valence-electron chi connectivity index (χ3n) is 3.34. The molecule has 7 nitrogen and oxygen atoms in total. The maximum Gasteiger partial charge on any atom is 0.227 e. The molecule has 1 heterocycles. The number of rotatable bonds is 3. The van der Waals surface area contributed by atoms with Crippen LogP contribution in [0.25, 0.3) is 0 Å². The molecule has 0 unspecified atom stereocenters. The van der Waals surface area contributed by atoms with Crippen molar-refractivity contribution in [3.05, 3.63) is 11.4 Å². The van der Waals surface area contributed by atoms with Crippen LogP contribution >= 0.6 is 0 Å². The molecule has 1 fully saturated rings. The Morgan fingerprint density at radius 1 is 1.47 bits per heavy atom. The van der Waals surface area contributed by atoms with Gasteiger partial charge >= 0.3 is 0 Å². The Bertz CT molecular complexity index is 532. The lowest BCUT2D eigenvalue weighted by molar-refractivity contribution is -0.117. The molecular formula is C12H14N6O. The lowest BCUT2D eigenvalue weighted by Crippen LogP contribution is -2.28. The van der Waals surface area contributed by atoms with Crippen molar-refractivity contribution in [2.45, 2.75) is 31.7 Å². The number of nitrogens with zero attached hydrogens (tertiary/aromatic N) is 3. The molecule has 1 amide bonds. The quantitative estimate of drug-likeness (QED) is 0.730. The molecule has 19 heavy (non-hydrogen) atoms. The van der Waals surface area contributed by atoms with Crippen molar-refractivity contribution in [2.75, 3.05) is 5.32 Å². The number of aromatic amines is 1. The van der Waals surface area contributed by atoms with Crippen LogP contribution in [0, 0.1) is 28.6 Å². The van der Waals surface area contributed by atoms with E-state index in [1.54, 1.807) is 6.07 Å². The fourth-order valence-electron chi connectivity index (χ4n) is 2.33. The summed E-state index contributed by atoms with van der Waals surface area (Å²) in [6, 6.07) is 3.67. The highest BCUT2D eigenvalue weighted by Crippen LogP contribution is 2.27. The van der Waals surface area contributed by atoms with E-state index in [1.807, 2.05) is 6.07 Å². The number of aromatic nitrogens is 2. The molecule has 2 atom stereocenters. The van der Waals surface area contributed by atoms with Gasteiger partial charge in [0.1, 0.15) is 12.1 Å². The molecule has 1 aliphatic carbocycles. The molecular weight excluding hydrogens is 244 g/mol. The van der Waals surface area contributed by atoms with Gasteiger partial charge in [0, 0.05) is 12.5 Å². The van der Waals surface area contributed by atoms with Crippen LogP contribution in [-0.2, 0) is 4.79 Å². The van der Waals surface area contributed by atoms with Crippen molar-refractivity contribution in [2.24, 2.45) is 11.7 Å². The highest BCUT2D eigenvalue weighted by atomic mass is 16.1. The number of carbonyl (C=O) groups is 1. The van der Waals surface area contributed by atoms with Gasteiger partial charge in [-0.3, -0.25) is 10.1 Å². The van der Waals surface area contributed by atoms with E-state index in [-0.39, 0.29) is 35.2 Å². The topological polar surface area (TPSA) is 131 Å². The van der Waals surface area contributed by atoms with Crippen LogP contribution in [0.5, 0.6) is 0 Å². The molecule has 7 heteroatoms. The standard InChI is InChI=1S/C12H14N6O/c13-5-9-10(6-14)17-12(16-9)18-11(19)4-7-2-1-3-8(7)15/h7-8H,1-4,15H2,(H2,16,17,18,19)/t7-,8+/m0/s1. The van der Waals surface area contributed by atoms with Crippen LogP contribution in [0.1, 0.15) is 37.1 Å². The van der Waals surface area contributed by atoms with E-state index in [0.717, 1.165) is 19.3 Å². The Morgan fingerprint density at radius 3 is 2.79 bits per heavy atom. The summed E-state index contributed by atoms with van der Waals surface area (Å²) in [4.78, 5) is 18.2. The number of amides is 1. The lowest BCUT2D eigenvalue weighted by atomic mass is 10.00. The van der Waals surface area contributed by atoms with Crippen molar-refractivity contribution < 1.29 is 4.79 Å². The second-order valence-corrected chi connectivity index (χ2v) is 4.64. The Kier molecular flexibility index (Phi) is 3.79. The fourth-order valence-corrected chi connectivity index (χ4v) is 2.33. The first-order chi connectivity index (χ1) is 9.13. The molecule has 0 spiro atoms. The van der Waals surface area contributed by atoms with Gasteiger partial charge < -0.3 is 10.7 Å². The largest absolute Gasteiger partial charge is 0.327 e. The average molecular weight is 258 g/mol. The molecule has 2 rings (SSSR count). The van der Waals surface area contributed by atoms with E-state index in [2.05, 4.69) is 15.3 Å². The van der Waals surface area contributed by atoms with Gasteiger partial charge in [0.15, 0.2) is 11.4 Å². The van der Waals surface area contributed by atoms with Gasteiger partial charge in [0.05, 0.1) is 0 Å². The van der Waals surface area contributed by atoms with Crippen molar-refractivity contribution in [1.29, 1.82) is 10.5 Å². The second-order valence-electron chi connectivity index (χ2n) is 4.64. The third-order valence-corrected chi connectivity index (χ3v) is 3.34. The molecule has 1 aromatic rings. The monoisotopic (exact) mass is 258 g/mol. The molecule has 0 bridgehead atoms. The molecule has 0 aliphatic heterocycles. The maximum atomic E-state index is 11.8. The number of nitriles is 2. The van der Waals surface area contributed by atoms with Gasteiger partial charge in [0.2, 0.25) is 11.9 Å². The summed E-state index contributed by atoms with van der Waals surface area (Å²) in [5, 5.41) is 20.1. The van der Waals surface area contributed by atoms with Gasteiger partial charge in [-0.1, -0.05) is 6.42 Å². The SMILES string of the molecule is N#Cc1nc(NC(=O)C[C@@H]2CCC[C@H]2N)[nH]c1C#N. The summed E-state index contributed by atoms with van der Waals surface area (Å²) in [6.45, 7) is 0. The van der Waals surface area contributed by atoms with Gasteiger partial charge in [-0.2, -0.15) is 10.5 Å². The number of carbonyl (C=O) groups excluding carboxylic acids is 1. The number of nitrogens with two attached hydrogens (primary N) is 1. The van der Waals surface area contributed by atoms with Crippen LogP contribution in [0.15, 0.2) is 0 Å². The van der Waals surface area contributed by atoms with Crippen molar-refractivity contribution in [1.82, 2.24) is 9.97 Å². The number of hydrogen-bond acceptors (Lipinski definition) is 5. The number of H-pyrrole nitrogens is 1. The Morgan fingerprint density at radius 2 is 2.26 bits per heavy atom. The smallest absolute Gasteiger partial charge is 0.227 e. The van der Waals surface area contributed by atoms with Crippen molar-refractivity contribution in [3.63, 3.8) is 0 Å². The van der Waals surface area contributed by atoms with E-state index in [4.69, 9.17) is 16.3 Å². The van der Waals surface area contributed by atoms with Gasteiger partial charge in [-0.15, -0.1) is 0 Å². The number of anilines is 1. The average Bonchev–Trinajstić information content (AvgIpc) is 2.96. The molecule has 1 saturated carbocycles. The minimum absolute atomic E-state index is 0.0182. The summed E-state index contributed by atoms with van der Waals surface area (Å²) in [5.74, 6) is 0.121. The van der Waals surface area contributed by atoms with E-state index < -0.39 is 0 Å². The summed E-state index contributed by atoms with van der Waals surface area (Å²) >= 11 is 0. The molecule has 1 aromatic heterocycles. The van der Waals surface area contributed by atoms with Crippen molar-refractivity contribution in [3.8, 4) is 12.1 Å². The fraction of sp³-hybridized carbons (Fsp3) is 0.500. The van der Waals surface area contributed by atoms with E-state index in [0.29, 0.717) is 6.42 Å². The zero-order valence-electron chi connectivity index (χ0n) is 10.3. The Hall–Kier alpha value is -2.38. The zero-order valence-corrected chi connectivity index (χ0v) is 10.3. The summed E-state index contributed by atoms with van der Waals surface area (Å²) < 4.78 is 0. The molecule has 0 radical (unpaired) electrons. The van der Waals surface area contributed by atoms with Gasteiger partial charge in [0.25, 0.3) is 0 Å². The minimum Gasteiger partial charge on any atom is -0.327 e. The van der Waals surface area contributed by atoms with E-state index in [1.165, 1.54) is 0 Å². The van der Waals surface area contributed by atoms with Crippen LogP contribution in [0.3, 0.4) is 0 Å². The molecule has 0 aromatic carbocycles. The predicted octanol–water partition coefficient (Wildman–Crippen LogP) is 0.609. The molecule has 0 saturated heterocycles. The lowest BCUT2D eigenvalue weighted by Gasteiger charge is -2.13. The molecule has 4 N–H and O–H groups in total.